The SMILES string of the molecule is Cc1cc(C)c(NC(=O)CNC(=O)CSc2nnc(-c3cccnc3)o2)c(C)c1. The predicted molar refractivity (Wildman–Crippen MR) is 111 cm³/mol. The van der Waals surface area contributed by atoms with Crippen molar-refractivity contribution in [1.82, 2.24) is 20.5 Å². The summed E-state index contributed by atoms with van der Waals surface area (Å²) < 4.78 is 5.50. The van der Waals surface area contributed by atoms with Crippen molar-refractivity contribution >= 4 is 29.3 Å². The highest BCUT2D eigenvalue weighted by Gasteiger charge is 2.13. The second kappa shape index (κ2) is 9.33. The molecule has 0 bridgehead atoms. The molecule has 0 atom stereocenters. The number of aryl methyl sites for hydroxylation is 3. The van der Waals surface area contributed by atoms with Crippen LogP contribution in [-0.4, -0.2) is 39.3 Å². The van der Waals surface area contributed by atoms with Crippen LogP contribution in [0.1, 0.15) is 16.7 Å². The second-order valence-corrected chi connectivity index (χ2v) is 7.43. The summed E-state index contributed by atoms with van der Waals surface area (Å²) in [6.07, 6.45) is 3.27. The Hall–Kier alpha value is -3.20. The lowest BCUT2D eigenvalue weighted by Crippen LogP contribution is -2.34. The number of anilines is 1. The molecule has 8 nitrogen and oxygen atoms in total. The van der Waals surface area contributed by atoms with Crippen LogP contribution in [0.15, 0.2) is 46.3 Å². The molecule has 0 fully saturated rings. The molecule has 3 aromatic rings. The van der Waals surface area contributed by atoms with Crippen LogP contribution in [-0.2, 0) is 9.59 Å². The van der Waals surface area contributed by atoms with Crippen molar-refractivity contribution in [3.63, 3.8) is 0 Å². The summed E-state index contributed by atoms with van der Waals surface area (Å²) in [5.41, 5.74) is 4.58. The van der Waals surface area contributed by atoms with Crippen molar-refractivity contribution < 1.29 is 14.0 Å². The fraction of sp³-hybridized carbons (Fsp3) is 0.250. The number of pyridine rings is 1. The molecule has 0 aliphatic carbocycles. The van der Waals surface area contributed by atoms with Crippen molar-refractivity contribution in [3.05, 3.63) is 53.3 Å². The number of hydrogen-bond donors (Lipinski definition) is 2. The fourth-order valence-electron chi connectivity index (χ4n) is 2.79. The maximum absolute atomic E-state index is 12.2. The molecule has 2 heterocycles. The molecule has 0 spiro atoms. The number of carbonyl (C=O) groups excluding carboxylic acids is 2. The van der Waals surface area contributed by atoms with Crippen LogP contribution in [0, 0.1) is 20.8 Å². The molecule has 150 valence electrons. The van der Waals surface area contributed by atoms with Gasteiger partial charge in [-0.05, 0) is 44.0 Å². The number of hydrogen-bond acceptors (Lipinski definition) is 7. The first-order valence-corrected chi connectivity index (χ1v) is 9.92. The highest BCUT2D eigenvalue weighted by molar-refractivity contribution is 7.99. The maximum atomic E-state index is 12.2. The minimum absolute atomic E-state index is 0.0601. The Morgan fingerprint density at radius 1 is 1.10 bits per heavy atom. The molecule has 1 aromatic carbocycles. The van der Waals surface area contributed by atoms with E-state index in [1.54, 1.807) is 24.5 Å². The van der Waals surface area contributed by atoms with Crippen molar-refractivity contribution in [2.24, 2.45) is 0 Å². The molecule has 0 aliphatic heterocycles. The topological polar surface area (TPSA) is 110 Å². The number of rotatable bonds is 7. The van der Waals surface area contributed by atoms with E-state index < -0.39 is 0 Å². The van der Waals surface area contributed by atoms with Gasteiger partial charge in [-0.25, -0.2) is 0 Å². The van der Waals surface area contributed by atoms with Gasteiger partial charge >= 0.3 is 0 Å². The van der Waals surface area contributed by atoms with E-state index in [2.05, 4.69) is 25.8 Å². The summed E-state index contributed by atoms with van der Waals surface area (Å²) in [6, 6.07) is 7.58. The monoisotopic (exact) mass is 411 g/mol. The molecule has 0 saturated carbocycles. The molecule has 3 rings (SSSR count). The first kappa shape index (κ1) is 20.5. The Labute approximate surface area is 172 Å². The van der Waals surface area contributed by atoms with Crippen molar-refractivity contribution in [1.29, 1.82) is 0 Å². The van der Waals surface area contributed by atoms with Gasteiger partial charge in [-0.2, -0.15) is 0 Å². The summed E-state index contributed by atoms with van der Waals surface area (Å²) in [5, 5.41) is 13.5. The first-order chi connectivity index (χ1) is 13.9. The van der Waals surface area contributed by atoms with E-state index in [1.165, 1.54) is 0 Å². The number of carbonyl (C=O) groups is 2. The summed E-state index contributed by atoms with van der Waals surface area (Å²) in [4.78, 5) is 28.2. The number of amides is 2. The lowest BCUT2D eigenvalue weighted by atomic mass is 10.1. The van der Waals surface area contributed by atoms with Crippen LogP contribution in [0.3, 0.4) is 0 Å². The molecule has 0 saturated heterocycles. The van der Waals surface area contributed by atoms with E-state index >= 15 is 0 Å². The Bertz CT molecular complexity index is 997. The Balaban J connectivity index is 1.46. The molecule has 29 heavy (non-hydrogen) atoms. The third kappa shape index (κ3) is 5.64. The summed E-state index contributed by atoms with van der Waals surface area (Å²) in [7, 11) is 0. The summed E-state index contributed by atoms with van der Waals surface area (Å²) in [5.74, 6) is -0.187. The third-order valence-electron chi connectivity index (χ3n) is 4.03. The van der Waals surface area contributed by atoms with Crippen molar-refractivity contribution in [2.45, 2.75) is 26.0 Å². The summed E-state index contributed by atoms with van der Waals surface area (Å²) in [6.45, 7) is 5.77. The molecule has 0 unspecified atom stereocenters. The number of benzene rings is 1. The van der Waals surface area contributed by atoms with Gasteiger partial charge in [0, 0.05) is 18.1 Å². The van der Waals surface area contributed by atoms with E-state index in [0.29, 0.717) is 11.5 Å². The van der Waals surface area contributed by atoms with Gasteiger partial charge in [-0.15, -0.1) is 10.2 Å². The van der Waals surface area contributed by atoms with Gasteiger partial charge < -0.3 is 15.1 Å². The molecular formula is C20H21N5O3S. The quantitative estimate of drug-likeness (QED) is 0.575. The van der Waals surface area contributed by atoms with Gasteiger partial charge in [-0.1, -0.05) is 29.5 Å². The predicted octanol–water partition coefficient (Wildman–Crippen LogP) is 2.90. The average molecular weight is 411 g/mol. The van der Waals surface area contributed by atoms with Gasteiger partial charge in [0.05, 0.1) is 17.9 Å². The van der Waals surface area contributed by atoms with Crippen LogP contribution < -0.4 is 10.6 Å². The highest BCUT2D eigenvalue weighted by atomic mass is 32.2. The highest BCUT2D eigenvalue weighted by Crippen LogP contribution is 2.23. The van der Waals surface area contributed by atoms with E-state index in [4.69, 9.17) is 4.42 Å². The van der Waals surface area contributed by atoms with Crippen molar-refractivity contribution in [2.75, 3.05) is 17.6 Å². The largest absolute Gasteiger partial charge is 0.411 e. The smallest absolute Gasteiger partial charge is 0.277 e. The molecule has 0 aliphatic rings. The second-order valence-electron chi connectivity index (χ2n) is 6.50. The lowest BCUT2D eigenvalue weighted by Gasteiger charge is -2.13. The third-order valence-corrected chi connectivity index (χ3v) is 4.85. The zero-order valence-corrected chi connectivity index (χ0v) is 17.2. The van der Waals surface area contributed by atoms with E-state index in [-0.39, 0.29) is 29.3 Å². The van der Waals surface area contributed by atoms with Crippen LogP contribution in [0.2, 0.25) is 0 Å². The first-order valence-electron chi connectivity index (χ1n) is 8.93. The molecule has 2 aromatic heterocycles. The minimum Gasteiger partial charge on any atom is -0.411 e. The molecule has 2 amide bonds. The Kier molecular flexibility index (Phi) is 6.61. The van der Waals surface area contributed by atoms with E-state index in [1.807, 2.05) is 32.9 Å². The fourth-order valence-corrected chi connectivity index (χ4v) is 3.39. The van der Waals surface area contributed by atoms with E-state index in [0.717, 1.165) is 34.1 Å². The van der Waals surface area contributed by atoms with Gasteiger partial charge in [0.2, 0.25) is 17.7 Å². The van der Waals surface area contributed by atoms with Crippen LogP contribution in [0.25, 0.3) is 11.5 Å². The zero-order valence-electron chi connectivity index (χ0n) is 16.4. The van der Waals surface area contributed by atoms with Gasteiger partial charge in [0.1, 0.15) is 0 Å². The van der Waals surface area contributed by atoms with E-state index in [9.17, 15) is 9.59 Å². The number of aromatic nitrogens is 3. The van der Waals surface area contributed by atoms with Crippen molar-refractivity contribution in [3.8, 4) is 11.5 Å². The molecule has 0 radical (unpaired) electrons. The standard InChI is InChI=1S/C20H21N5O3S/c1-12-7-13(2)18(14(3)8-12)23-16(26)10-22-17(27)11-29-20-25-24-19(28-20)15-5-4-6-21-9-15/h4-9H,10-11H2,1-3H3,(H,22,27)(H,23,26). The van der Waals surface area contributed by atoms with Crippen LogP contribution in [0.5, 0.6) is 0 Å². The minimum atomic E-state index is -0.302. The molecular weight excluding hydrogens is 390 g/mol. The van der Waals surface area contributed by atoms with Crippen LogP contribution in [0.4, 0.5) is 5.69 Å². The average Bonchev–Trinajstić information content (AvgIpc) is 3.17. The normalized spacial score (nSPS) is 10.6. The molecule has 9 heteroatoms. The maximum Gasteiger partial charge on any atom is 0.277 e. The van der Waals surface area contributed by atoms with Crippen LogP contribution >= 0.6 is 11.8 Å². The van der Waals surface area contributed by atoms with Gasteiger partial charge in [0.25, 0.3) is 5.22 Å². The number of nitrogens with one attached hydrogen (secondary N) is 2. The Morgan fingerprint density at radius 3 is 2.55 bits per heavy atom. The van der Waals surface area contributed by atoms with Gasteiger partial charge in [-0.3, -0.25) is 14.6 Å². The zero-order chi connectivity index (χ0) is 20.8. The summed E-state index contributed by atoms with van der Waals surface area (Å²) >= 11 is 1.10. The Morgan fingerprint density at radius 2 is 1.86 bits per heavy atom. The number of thioether (sulfide) groups is 1. The number of nitrogens with zero attached hydrogens (tertiary/aromatic N) is 3. The molecule has 2 N–H and O–H groups in total. The lowest BCUT2D eigenvalue weighted by molar-refractivity contribution is -0.122. The van der Waals surface area contributed by atoms with Gasteiger partial charge in [0.15, 0.2) is 0 Å².